The minimum Gasteiger partial charge on any atom is -0.342 e. The summed E-state index contributed by atoms with van der Waals surface area (Å²) in [6, 6.07) is 0. The van der Waals surface area contributed by atoms with Crippen molar-refractivity contribution in [3.63, 3.8) is 0 Å². The van der Waals surface area contributed by atoms with Gasteiger partial charge in [0.2, 0.25) is 11.8 Å². The van der Waals surface area contributed by atoms with Gasteiger partial charge in [0.15, 0.2) is 0 Å². The van der Waals surface area contributed by atoms with Gasteiger partial charge in [-0.3, -0.25) is 9.59 Å². The summed E-state index contributed by atoms with van der Waals surface area (Å²) in [5, 5.41) is 0. The van der Waals surface area contributed by atoms with E-state index in [0.29, 0.717) is 18.9 Å². The van der Waals surface area contributed by atoms with E-state index in [0.717, 1.165) is 57.7 Å². The zero-order valence-corrected chi connectivity index (χ0v) is 15.5. The molecule has 0 unspecified atom stereocenters. The third-order valence-electron chi connectivity index (χ3n) is 7.00. The van der Waals surface area contributed by atoms with Crippen LogP contribution in [0.2, 0.25) is 0 Å². The first-order valence-electron chi connectivity index (χ1n) is 10.4. The first-order chi connectivity index (χ1) is 12.2. The third-order valence-corrected chi connectivity index (χ3v) is 7.00. The highest BCUT2D eigenvalue weighted by atomic mass is 16.2. The smallest absolute Gasteiger partial charge is 0.230 e. The van der Waals surface area contributed by atoms with Gasteiger partial charge in [-0.15, -0.1) is 0 Å². The normalized spacial score (nSPS) is 30.6. The van der Waals surface area contributed by atoms with Crippen LogP contribution >= 0.6 is 0 Å². The molecule has 4 heteroatoms. The number of hydrogen-bond donors (Lipinski definition) is 0. The van der Waals surface area contributed by atoms with Crippen molar-refractivity contribution in [2.75, 3.05) is 26.2 Å². The lowest BCUT2D eigenvalue weighted by atomic mass is 9.77. The van der Waals surface area contributed by atoms with Crippen LogP contribution in [0.4, 0.5) is 0 Å². The summed E-state index contributed by atoms with van der Waals surface area (Å²) >= 11 is 0. The molecule has 4 rings (SSSR count). The molecule has 1 spiro atoms. The molecule has 0 aromatic carbocycles. The zero-order valence-electron chi connectivity index (χ0n) is 15.5. The molecule has 2 saturated heterocycles. The van der Waals surface area contributed by atoms with E-state index in [-0.39, 0.29) is 11.3 Å². The number of carbonyl (C=O) groups is 2. The maximum absolute atomic E-state index is 13.2. The molecule has 4 nitrogen and oxygen atoms in total. The van der Waals surface area contributed by atoms with Crippen LogP contribution in [-0.4, -0.2) is 47.8 Å². The number of hydrogen-bond acceptors (Lipinski definition) is 2. The number of nitrogens with zero attached hydrogens (tertiary/aromatic N) is 2. The molecule has 1 atom stereocenters. The zero-order chi connectivity index (χ0) is 17.3. The Balaban J connectivity index is 1.37. The summed E-state index contributed by atoms with van der Waals surface area (Å²) in [6.45, 7) is 3.33. The van der Waals surface area contributed by atoms with Crippen LogP contribution < -0.4 is 0 Å². The van der Waals surface area contributed by atoms with Crippen LogP contribution in [0.3, 0.4) is 0 Å². The van der Waals surface area contributed by atoms with E-state index in [2.05, 4.69) is 11.0 Å². The van der Waals surface area contributed by atoms with Gasteiger partial charge in [0.05, 0.1) is 5.41 Å². The molecule has 2 amide bonds. The Morgan fingerprint density at radius 1 is 1.12 bits per heavy atom. The van der Waals surface area contributed by atoms with Crippen LogP contribution in [0.15, 0.2) is 11.6 Å². The fraction of sp³-hybridized carbons (Fsp3) is 0.810. The quantitative estimate of drug-likeness (QED) is 0.732. The van der Waals surface area contributed by atoms with Gasteiger partial charge in [0.1, 0.15) is 0 Å². The Bertz CT molecular complexity index is 566. The van der Waals surface area contributed by atoms with Crippen LogP contribution in [-0.2, 0) is 9.59 Å². The van der Waals surface area contributed by atoms with Crippen molar-refractivity contribution in [3.05, 3.63) is 11.6 Å². The summed E-state index contributed by atoms with van der Waals surface area (Å²) in [7, 11) is 0. The summed E-state index contributed by atoms with van der Waals surface area (Å²) in [6.07, 6.45) is 14.4. The van der Waals surface area contributed by atoms with Gasteiger partial charge in [-0.2, -0.15) is 0 Å². The molecule has 2 aliphatic heterocycles. The molecule has 0 N–H and O–H groups in total. The predicted octanol–water partition coefficient (Wildman–Crippen LogP) is 3.52. The fourth-order valence-corrected chi connectivity index (χ4v) is 5.15. The Morgan fingerprint density at radius 2 is 2.00 bits per heavy atom. The van der Waals surface area contributed by atoms with E-state index in [9.17, 15) is 9.59 Å². The van der Waals surface area contributed by atoms with E-state index in [1.165, 1.54) is 37.7 Å². The van der Waals surface area contributed by atoms with Gasteiger partial charge in [-0.1, -0.05) is 18.1 Å². The standard InChI is InChI=1S/C21H32N2O2/c24-19(14-17-6-2-1-3-7-17)23-13-11-21(16-23)10-5-12-22(20(21)25)15-18-8-4-9-18/h6,18H,1-5,7-16H2/t21-/m1/s1. The van der Waals surface area contributed by atoms with E-state index < -0.39 is 0 Å². The summed E-state index contributed by atoms with van der Waals surface area (Å²) < 4.78 is 0. The number of allylic oxidation sites excluding steroid dienone is 1. The number of rotatable bonds is 4. The molecule has 2 heterocycles. The van der Waals surface area contributed by atoms with Crippen molar-refractivity contribution in [1.29, 1.82) is 0 Å². The summed E-state index contributed by atoms with van der Waals surface area (Å²) in [4.78, 5) is 30.0. The molecular formula is C21H32N2O2. The van der Waals surface area contributed by atoms with Crippen LogP contribution in [0.25, 0.3) is 0 Å². The molecule has 2 aliphatic carbocycles. The minimum atomic E-state index is -0.265. The largest absolute Gasteiger partial charge is 0.342 e. The molecule has 0 aromatic heterocycles. The van der Waals surface area contributed by atoms with Crippen LogP contribution in [0.5, 0.6) is 0 Å². The van der Waals surface area contributed by atoms with Crippen molar-refractivity contribution < 1.29 is 9.59 Å². The highest BCUT2D eigenvalue weighted by Gasteiger charge is 2.49. The van der Waals surface area contributed by atoms with E-state index in [4.69, 9.17) is 0 Å². The maximum Gasteiger partial charge on any atom is 0.230 e. The van der Waals surface area contributed by atoms with Crippen molar-refractivity contribution in [2.24, 2.45) is 11.3 Å². The van der Waals surface area contributed by atoms with Crippen molar-refractivity contribution in [2.45, 2.75) is 70.6 Å². The molecule has 3 fully saturated rings. The predicted molar refractivity (Wildman–Crippen MR) is 98.0 cm³/mol. The number of carbonyl (C=O) groups excluding carboxylic acids is 2. The minimum absolute atomic E-state index is 0.244. The summed E-state index contributed by atoms with van der Waals surface area (Å²) in [5.74, 6) is 1.32. The van der Waals surface area contributed by atoms with Gasteiger partial charge in [-0.05, 0) is 63.7 Å². The van der Waals surface area contributed by atoms with Gasteiger partial charge in [0.25, 0.3) is 0 Å². The first-order valence-corrected chi connectivity index (χ1v) is 10.4. The highest BCUT2D eigenvalue weighted by Crippen LogP contribution is 2.41. The van der Waals surface area contributed by atoms with Gasteiger partial charge in [0, 0.05) is 32.6 Å². The molecule has 0 bridgehead atoms. The highest BCUT2D eigenvalue weighted by molar-refractivity contribution is 5.86. The lowest BCUT2D eigenvalue weighted by Gasteiger charge is -2.42. The van der Waals surface area contributed by atoms with Crippen LogP contribution in [0.1, 0.15) is 70.6 Å². The number of likely N-dealkylation sites (tertiary alicyclic amines) is 2. The van der Waals surface area contributed by atoms with Crippen molar-refractivity contribution in [3.8, 4) is 0 Å². The second-order valence-corrected chi connectivity index (χ2v) is 8.78. The second-order valence-electron chi connectivity index (χ2n) is 8.78. The average Bonchev–Trinajstić information content (AvgIpc) is 3.01. The van der Waals surface area contributed by atoms with Crippen molar-refractivity contribution in [1.82, 2.24) is 9.80 Å². The molecule has 138 valence electrons. The number of piperidine rings is 1. The molecule has 0 aromatic rings. The fourth-order valence-electron chi connectivity index (χ4n) is 5.15. The maximum atomic E-state index is 13.2. The first kappa shape index (κ1) is 17.1. The molecular weight excluding hydrogens is 312 g/mol. The monoisotopic (exact) mass is 344 g/mol. The Morgan fingerprint density at radius 3 is 2.72 bits per heavy atom. The Kier molecular flexibility index (Phi) is 4.88. The lowest BCUT2D eigenvalue weighted by Crippen LogP contribution is -2.52. The Labute approximate surface area is 151 Å². The van der Waals surface area contributed by atoms with E-state index in [1.54, 1.807) is 0 Å². The molecule has 1 saturated carbocycles. The molecule has 4 aliphatic rings. The van der Waals surface area contributed by atoms with Gasteiger partial charge in [-0.25, -0.2) is 0 Å². The number of amides is 2. The second kappa shape index (κ2) is 7.13. The van der Waals surface area contributed by atoms with Gasteiger partial charge < -0.3 is 9.80 Å². The third kappa shape index (κ3) is 3.50. The lowest BCUT2D eigenvalue weighted by molar-refractivity contribution is -0.147. The van der Waals surface area contributed by atoms with E-state index in [1.807, 2.05) is 4.90 Å². The molecule has 0 radical (unpaired) electrons. The molecule has 25 heavy (non-hydrogen) atoms. The van der Waals surface area contributed by atoms with Crippen molar-refractivity contribution >= 4 is 11.8 Å². The summed E-state index contributed by atoms with van der Waals surface area (Å²) in [5.41, 5.74) is 1.05. The van der Waals surface area contributed by atoms with Crippen LogP contribution in [0, 0.1) is 11.3 Å². The van der Waals surface area contributed by atoms with E-state index >= 15 is 0 Å². The Hall–Kier alpha value is -1.32. The SMILES string of the molecule is O=C(CC1=CCCCC1)N1CC[C@]2(CCCN(CC3CCC3)C2=O)C1. The average molecular weight is 344 g/mol. The topological polar surface area (TPSA) is 40.6 Å². The van der Waals surface area contributed by atoms with Gasteiger partial charge >= 0.3 is 0 Å².